The number of aromatic amines is 2. The average molecular weight is 421 g/mol. The zero-order chi connectivity index (χ0) is 21.7. The van der Waals surface area contributed by atoms with Crippen LogP contribution in [0.4, 0.5) is 10.1 Å². The first-order valence-corrected chi connectivity index (χ1v) is 9.95. The van der Waals surface area contributed by atoms with E-state index in [2.05, 4.69) is 30.1 Å². The molecule has 154 valence electrons. The van der Waals surface area contributed by atoms with Gasteiger partial charge < -0.3 is 10.7 Å². The number of aromatic nitrogens is 6. The summed E-state index contributed by atoms with van der Waals surface area (Å²) >= 11 is 0. The van der Waals surface area contributed by atoms with E-state index in [4.69, 9.17) is 5.73 Å². The lowest BCUT2D eigenvalue weighted by Gasteiger charge is -2.03. The third-order valence-electron chi connectivity index (χ3n) is 5.44. The number of nitrogen functional groups attached to an aromatic ring is 1. The second-order valence-electron chi connectivity index (χ2n) is 7.51. The normalized spacial score (nSPS) is 11.4. The molecular weight excluding hydrogens is 405 g/mol. The lowest BCUT2D eigenvalue weighted by atomic mass is 10.0. The van der Waals surface area contributed by atoms with Gasteiger partial charge in [-0.1, -0.05) is 12.1 Å². The van der Waals surface area contributed by atoms with Crippen LogP contribution in [-0.2, 0) is 0 Å². The maximum Gasteiger partial charge on any atom is 0.181 e. The Morgan fingerprint density at radius 3 is 2.62 bits per heavy atom. The molecule has 5 aromatic heterocycles. The molecule has 0 aliphatic carbocycles. The second kappa shape index (κ2) is 6.98. The smallest absolute Gasteiger partial charge is 0.181 e. The molecule has 0 spiro atoms. The minimum Gasteiger partial charge on any atom is -0.397 e. The zero-order valence-electron chi connectivity index (χ0n) is 16.7. The van der Waals surface area contributed by atoms with Gasteiger partial charge >= 0.3 is 0 Å². The van der Waals surface area contributed by atoms with Crippen molar-refractivity contribution in [2.45, 2.75) is 0 Å². The molecule has 0 aliphatic heterocycles. The van der Waals surface area contributed by atoms with E-state index in [0.717, 1.165) is 44.4 Å². The molecule has 0 unspecified atom stereocenters. The van der Waals surface area contributed by atoms with Crippen molar-refractivity contribution in [2.24, 2.45) is 0 Å². The molecule has 0 radical (unpaired) electrons. The van der Waals surface area contributed by atoms with Crippen molar-refractivity contribution in [3.63, 3.8) is 0 Å². The van der Waals surface area contributed by atoms with E-state index in [0.29, 0.717) is 17.0 Å². The summed E-state index contributed by atoms with van der Waals surface area (Å²) in [7, 11) is 0. The first-order chi connectivity index (χ1) is 15.7. The summed E-state index contributed by atoms with van der Waals surface area (Å²) in [5, 5.41) is 9.16. The minimum absolute atomic E-state index is 0.280. The van der Waals surface area contributed by atoms with Crippen molar-refractivity contribution in [1.29, 1.82) is 0 Å². The van der Waals surface area contributed by atoms with E-state index >= 15 is 0 Å². The molecule has 0 amide bonds. The van der Waals surface area contributed by atoms with Gasteiger partial charge in [0.15, 0.2) is 5.65 Å². The van der Waals surface area contributed by atoms with Crippen LogP contribution in [0.5, 0.6) is 0 Å². The molecule has 0 saturated heterocycles. The monoisotopic (exact) mass is 421 g/mol. The van der Waals surface area contributed by atoms with Crippen LogP contribution in [-0.4, -0.2) is 30.1 Å². The van der Waals surface area contributed by atoms with Gasteiger partial charge in [-0.2, -0.15) is 5.10 Å². The van der Waals surface area contributed by atoms with Crippen molar-refractivity contribution in [2.75, 3.05) is 5.73 Å². The van der Waals surface area contributed by atoms with E-state index in [1.807, 2.05) is 30.3 Å². The number of halogens is 1. The number of hydrogen-bond acceptors (Lipinski definition) is 5. The highest BCUT2D eigenvalue weighted by Crippen LogP contribution is 2.34. The Hall–Kier alpha value is -4.59. The fourth-order valence-corrected chi connectivity index (χ4v) is 3.95. The van der Waals surface area contributed by atoms with E-state index < -0.39 is 0 Å². The van der Waals surface area contributed by atoms with Gasteiger partial charge in [-0.25, -0.2) is 14.4 Å². The number of hydrogen-bond donors (Lipinski definition) is 3. The topological polar surface area (TPSA) is 109 Å². The number of rotatable bonds is 3. The van der Waals surface area contributed by atoms with Gasteiger partial charge in [-0.15, -0.1) is 0 Å². The zero-order valence-corrected chi connectivity index (χ0v) is 16.7. The largest absolute Gasteiger partial charge is 0.397 e. The van der Waals surface area contributed by atoms with Gasteiger partial charge in [-0.3, -0.25) is 10.1 Å². The van der Waals surface area contributed by atoms with Crippen molar-refractivity contribution in [3.05, 3.63) is 79.1 Å². The third kappa shape index (κ3) is 2.97. The highest BCUT2D eigenvalue weighted by Gasteiger charge is 2.15. The SMILES string of the molecule is Nc1cncc(-c2cnc3n[nH]c(-c4cc5c(-c6cccc(F)c6)ccnc5[nH]4)c3c2)c1. The van der Waals surface area contributed by atoms with Crippen molar-refractivity contribution in [1.82, 2.24) is 30.1 Å². The maximum atomic E-state index is 13.8. The molecular formula is C24H16FN7. The molecule has 0 atom stereocenters. The van der Waals surface area contributed by atoms with Crippen LogP contribution in [0.3, 0.4) is 0 Å². The molecule has 0 saturated carbocycles. The van der Waals surface area contributed by atoms with Crippen LogP contribution in [0.25, 0.3) is 55.7 Å². The molecule has 0 fully saturated rings. The van der Waals surface area contributed by atoms with Gasteiger partial charge in [0.05, 0.1) is 17.1 Å². The number of nitrogens with two attached hydrogens (primary N) is 1. The number of pyridine rings is 3. The summed E-state index contributed by atoms with van der Waals surface area (Å²) in [5.41, 5.74) is 12.8. The summed E-state index contributed by atoms with van der Waals surface area (Å²) in [6.07, 6.45) is 6.81. The Balaban J connectivity index is 1.51. The van der Waals surface area contributed by atoms with Gasteiger partial charge in [-0.05, 0) is 47.5 Å². The molecule has 4 N–H and O–H groups in total. The molecule has 32 heavy (non-hydrogen) atoms. The van der Waals surface area contributed by atoms with Crippen molar-refractivity contribution >= 4 is 27.8 Å². The maximum absolute atomic E-state index is 13.8. The number of anilines is 1. The lowest BCUT2D eigenvalue weighted by molar-refractivity contribution is 0.628. The Labute approximate surface area is 181 Å². The quantitative estimate of drug-likeness (QED) is 0.374. The molecule has 0 bridgehead atoms. The van der Waals surface area contributed by atoms with Gasteiger partial charge in [0.2, 0.25) is 0 Å². The Bertz CT molecular complexity index is 1620. The van der Waals surface area contributed by atoms with Crippen molar-refractivity contribution < 1.29 is 4.39 Å². The fourth-order valence-electron chi connectivity index (χ4n) is 3.95. The second-order valence-corrected chi connectivity index (χ2v) is 7.51. The number of benzene rings is 1. The van der Waals surface area contributed by atoms with Crippen LogP contribution >= 0.6 is 0 Å². The molecule has 5 heterocycles. The summed E-state index contributed by atoms with van der Waals surface area (Å²) in [5.74, 6) is -0.280. The van der Waals surface area contributed by atoms with Gasteiger partial charge in [0, 0.05) is 46.7 Å². The number of nitrogens with zero attached hydrogens (tertiary/aromatic N) is 4. The summed E-state index contributed by atoms with van der Waals surface area (Å²) < 4.78 is 13.8. The lowest BCUT2D eigenvalue weighted by Crippen LogP contribution is -1.88. The highest BCUT2D eigenvalue weighted by atomic mass is 19.1. The Morgan fingerprint density at radius 1 is 0.844 bits per heavy atom. The molecule has 1 aromatic carbocycles. The molecule has 6 aromatic rings. The molecule has 0 aliphatic rings. The Kier molecular flexibility index (Phi) is 3.97. The third-order valence-corrected chi connectivity index (χ3v) is 5.44. The van der Waals surface area contributed by atoms with Crippen LogP contribution in [0, 0.1) is 5.82 Å². The van der Waals surface area contributed by atoms with Crippen molar-refractivity contribution in [3.8, 4) is 33.6 Å². The van der Waals surface area contributed by atoms with Crippen LogP contribution in [0.1, 0.15) is 0 Å². The summed E-state index contributed by atoms with van der Waals surface area (Å²) in [6.45, 7) is 0. The predicted octanol–water partition coefficient (Wildman–Crippen LogP) is 4.95. The van der Waals surface area contributed by atoms with Crippen LogP contribution in [0.2, 0.25) is 0 Å². The first-order valence-electron chi connectivity index (χ1n) is 9.95. The predicted molar refractivity (Wildman–Crippen MR) is 122 cm³/mol. The molecule has 6 rings (SSSR count). The van der Waals surface area contributed by atoms with E-state index in [1.54, 1.807) is 30.9 Å². The van der Waals surface area contributed by atoms with E-state index in [-0.39, 0.29) is 5.82 Å². The standard InChI is InChI=1S/C24H16FN7/c25-16-3-1-2-13(6-16)18-4-5-28-23-19(18)9-21(30-23)22-20-8-15(11-29-24(20)32-31-22)14-7-17(26)12-27-10-14/h1-12H,26H2,(H,28,30)(H,29,31,32). The van der Waals surface area contributed by atoms with Gasteiger partial charge in [0.25, 0.3) is 0 Å². The minimum atomic E-state index is -0.280. The number of nitrogens with one attached hydrogen (secondary N) is 2. The summed E-state index contributed by atoms with van der Waals surface area (Å²) in [6, 6.07) is 14.3. The van der Waals surface area contributed by atoms with E-state index in [9.17, 15) is 4.39 Å². The van der Waals surface area contributed by atoms with Crippen LogP contribution in [0.15, 0.2) is 73.3 Å². The first kappa shape index (κ1) is 18.2. The highest BCUT2D eigenvalue weighted by molar-refractivity contribution is 5.99. The Morgan fingerprint density at radius 2 is 1.75 bits per heavy atom. The summed E-state index contributed by atoms with van der Waals surface area (Å²) in [4.78, 5) is 16.4. The van der Waals surface area contributed by atoms with E-state index in [1.165, 1.54) is 12.1 Å². The van der Waals surface area contributed by atoms with Gasteiger partial charge in [0.1, 0.15) is 11.5 Å². The average Bonchev–Trinajstić information content (AvgIpc) is 3.42. The molecule has 7 nitrogen and oxygen atoms in total. The fraction of sp³-hybridized carbons (Fsp3) is 0. The number of fused-ring (bicyclic) bond motifs is 2. The van der Waals surface area contributed by atoms with Crippen LogP contribution < -0.4 is 5.73 Å². The number of H-pyrrole nitrogens is 2. The molecule has 8 heteroatoms.